The zero-order valence-electron chi connectivity index (χ0n) is 5.13. The monoisotopic (exact) mass is 139 g/mol. The van der Waals surface area contributed by atoms with E-state index < -0.39 is 0 Å². The highest BCUT2D eigenvalue weighted by atomic mass is 32.1. The van der Waals surface area contributed by atoms with Crippen molar-refractivity contribution in [2.75, 3.05) is 0 Å². The molecule has 1 rings (SSSR count). The highest BCUT2D eigenvalue weighted by molar-refractivity contribution is 7.78. The van der Waals surface area contributed by atoms with Gasteiger partial charge in [0.05, 0.1) is 5.16 Å². The fraction of sp³-hybridized carbons (Fsp3) is 0.286. The molecule has 9 heavy (non-hydrogen) atoms. The predicted octanol–water partition coefficient (Wildman–Crippen LogP) is 2.56. The van der Waals surface area contributed by atoms with Crippen molar-refractivity contribution < 1.29 is 0 Å². The highest BCUT2D eigenvalue weighted by Gasteiger charge is 1.77. The van der Waals surface area contributed by atoms with E-state index in [2.05, 4.69) is 36.5 Å². The Morgan fingerprint density at radius 3 is 1.67 bits per heavy atom. The molecule has 0 bridgehead atoms. The second kappa shape index (κ2) is 7.28. The molecule has 0 saturated heterocycles. The van der Waals surface area contributed by atoms with Crippen molar-refractivity contribution in [2.45, 2.75) is 12.8 Å². The lowest BCUT2D eigenvalue weighted by Gasteiger charge is -1.88. The van der Waals surface area contributed by atoms with E-state index >= 15 is 0 Å². The molecule has 0 atom stereocenters. The average Bonchev–Trinajstić information content (AvgIpc) is 1.93. The molecule has 0 spiro atoms. The molecule has 2 heteroatoms. The Morgan fingerprint density at radius 1 is 1.22 bits per heavy atom. The minimum Gasteiger partial charge on any atom is -0.248 e. The van der Waals surface area contributed by atoms with Gasteiger partial charge in [0.25, 0.3) is 0 Å². The second-order valence-electron chi connectivity index (χ2n) is 1.54. The largest absolute Gasteiger partial charge is 0.248 e. The summed E-state index contributed by atoms with van der Waals surface area (Å²) in [4.78, 5) is 0. The van der Waals surface area contributed by atoms with Crippen LogP contribution in [-0.4, -0.2) is 5.16 Å². The first-order valence-corrected chi connectivity index (χ1v) is 3.18. The molecule has 0 fully saturated rings. The summed E-state index contributed by atoms with van der Waals surface area (Å²) < 4.78 is 0. The molecule has 0 unspecified atom stereocenters. The van der Waals surface area contributed by atoms with E-state index in [4.69, 9.17) is 5.41 Å². The summed E-state index contributed by atoms with van der Waals surface area (Å²) in [6, 6.07) is 0. The lowest BCUT2D eigenvalue weighted by molar-refractivity contribution is 1.04. The van der Waals surface area contributed by atoms with Gasteiger partial charge in [-0.05, 0) is 25.1 Å². The Kier molecular flexibility index (Phi) is 6.70. The molecule has 1 aliphatic carbocycles. The van der Waals surface area contributed by atoms with Crippen molar-refractivity contribution in [1.82, 2.24) is 0 Å². The molecule has 1 N–H and O–H groups in total. The average molecular weight is 139 g/mol. The summed E-state index contributed by atoms with van der Waals surface area (Å²) in [6.07, 6.45) is 11.0. The van der Waals surface area contributed by atoms with Gasteiger partial charge in [-0.1, -0.05) is 24.3 Å². The Hall–Kier alpha value is -0.720. The van der Waals surface area contributed by atoms with Gasteiger partial charge < -0.3 is 0 Å². The topological polar surface area (TPSA) is 23.9 Å². The smallest absolute Gasteiger partial charge is 0.0554 e. The van der Waals surface area contributed by atoms with Gasteiger partial charge in [0.2, 0.25) is 0 Å². The van der Waals surface area contributed by atoms with Crippen LogP contribution in [0.25, 0.3) is 0 Å². The summed E-state index contributed by atoms with van der Waals surface area (Å²) in [5.41, 5.74) is 0. The normalized spacial score (nSPS) is 13.3. The van der Waals surface area contributed by atoms with E-state index in [1.165, 1.54) is 12.8 Å². The second-order valence-corrected chi connectivity index (χ2v) is 1.74. The molecule has 0 heterocycles. The van der Waals surface area contributed by atoms with Gasteiger partial charge >= 0.3 is 0 Å². The van der Waals surface area contributed by atoms with Crippen LogP contribution in [0.15, 0.2) is 24.3 Å². The summed E-state index contributed by atoms with van der Waals surface area (Å²) >= 11 is 3.81. The predicted molar refractivity (Wildman–Crippen MR) is 42.8 cm³/mol. The lowest BCUT2D eigenvalue weighted by Crippen LogP contribution is -1.67. The third-order valence-electron chi connectivity index (χ3n) is 0.883. The molecule has 48 valence electrons. The number of nitrogens with one attached hydrogen (secondary N) is 1. The molecule has 0 amide bonds. The number of allylic oxidation sites excluding steroid dienone is 4. The van der Waals surface area contributed by atoms with Crippen LogP contribution in [0.3, 0.4) is 0 Å². The summed E-state index contributed by atoms with van der Waals surface area (Å²) in [5, 5.41) is 7.36. The summed E-state index contributed by atoms with van der Waals surface area (Å²) in [7, 11) is 0. The third-order valence-corrected chi connectivity index (χ3v) is 0.883. The fourth-order valence-corrected chi connectivity index (χ4v) is 0.542. The molecule has 0 aromatic heterocycles. The minimum absolute atomic E-state index is 1.23. The van der Waals surface area contributed by atoms with E-state index in [-0.39, 0.29) is 0 Å². The molecular formula is C7H9NS. The lowest BCUT2D eigenvalue weighted by atomic mass is 10.2. The van der Waals surface area contributed by atoms with E-state index in [1.54, 1.807) is 5.16 Å². The zero-order valence-corrected chi connectivity index (χ0v) is 5.95. The van der Waals surface area contributed by atoms with Gasteiger partial charge in [0, 0.05) is 0 Å². The van der Waals surface area contributed by atoms with Gasteiger partial charge in [-0.2, -0.15) is 0 Å². The minimum atomic E-state index is 1.23. The Balaban J connectivity index is 0.000000187. The molecule has 0 aromatic rings. The van der Waals surface area contributed by atoms with Crippen LogP contribution in [0.2, 0.25) is 0 Å². The quantitative estimate of drug-likeness (QED) is 0.404. The Bertz CT molecular complexity index is 129. The first-order chi connectivity index (χ1) is 4.41. The van der Waals surface area contributed by atoms with Gasteiger partial charge in [-0.15, -0.1) is 0 Å². The number of hydrogen-bond acceptors (Lipinski definition) is 2. The fourth-order valence-electron chi connectivity index (χ4n) is 0.542. The van der Waals surface area contributed by atoms with Crippen molar-refractivity contribution in [3.8, 4) is 0 Å². The van der Waals surface area contributed by atoms with Crippen LogP contribution in [0.5, 0.6) is 0 Å². The van der Waals surface area contributed by atoms with Crippen molar-refractivity contribution in [1.29, 1.82) is 5.41 Å². The van der Waals surface area contributed by atoms with Crippen molar-refractivity contribution >= 4 is 17.4 Å². The molecule has 1 aliphatic rings. The maximum absolute atomic E-state index is 5.77. The van der Waals surface area contributed by atoms with Gasteiger partial charge in [-0.3, -0.25) is 0 Å². The van der Waals surface area contributed by atoms with Gasteiger partial charge in [0.15, 0.2) is 0 Å². The van der Waals surface area contributed by atoms with Crippen LogP contribution in [0, 0.1) is 5.41 Å². The van der Waals surface area contributed by atoms with E-state index in [1.807, 2.05) is 0 Å². The maximum Gasteiger partial charge on any atom is 0.0554 e. The first kappa shape index (κ1) is 8.28. The van der Waals surface area contributed by atoms with Gasteiger partial charge in [-0.25, -0.2) is 5.41 Å². The number of isothiocyanates is 1. The Morgan fingerprint density at radius 2 is 1.56 bits per heavy atom. The third kappa shape index (κ3) is 7.28. The molecular weight excluding hydrogens is 130 g/mol. The summed E-state index contributed by atoms with van der Waals surface area (Å²) in [5.74, 6) is 0. The van der Waals surface area contributed by atoms with E-state index in [9.17, 15) is 0 Å². The first-order valence-electron chi connectivity index (χ1n) is 2.77. The Labute approximate surface area is 60.6 Å². The zero-order chi connectivity index (χ0) is 6.95. The number of rotatable bonds is 0. The number of thiocarbonyl (C=S) groups is 1. The van der Waals surface area contributed by atoms with E-state index in [0.717, 1.165) is 0 Å². The van der Waals surface area contributed by atoms with Crippen LogP contribution in [0.4, 0.5) is 0 Å². The molecule has 0 aliphatic heterocycles. The van der Waals surface area contributed by atoms with Crippen molar-refractivity contribution in [2.24, 2.45) is 0 Å². The van der Waals surface area contributed by atoms with Crippen molar-refractivity contribution in [3.05, 3.63) is 24.3 Å². The molecule has 0 aromatic carbocycles. The summed E-state index contributed by atoms with van der Waals surface area (Å²) in [6.45, 7) is 0. The maximum atomic E-state index is 5.77. The van der Waals surface area contributed by atoms with Crippen molar-refractivity contribution in [3.63, 3.8) is 0 Å². The van der Waals surface area contributed by atoms with Crippen LogP contribution < -0.4 is 0 Å². The highest BCUT2D eigenvalue weighted by Crippen LogP contribution is 1.98. The van der Waals surface area contributed by atoms with Crippen LogP contribution >= 0.6 is 12.2 Å². The van der Waals surface area contributed by atoms with Gasteiger partial charge in [0.1, 0.15) is 0 Å². The standard InChI is InChI=1S/C6H8.CHNS/c1-2-4-6-5-3-1;2-1-3/h1-4H,5-6H2;2H. The molecule has 0 saturated carbocycles. The molecule has 0 radical (unpaired) electrons. The SMILES string of the molecule is C1=CCCC=C1.N=C=S. The van der Waals surface area contributed by atoms with E-state index in [0.29, 0.717) is 0 Å². The molecule has 1 nitrogen and oxygen atoms in total. The van der Waals surface area contributed by atoms with Crippen LogP contribution in [-0.2, 0) is 0 Å². The van der Waals surface area contributed by atoms with Crippen LogP contribution in [0.1, 0.15) is 12.8 Å². The number of hydrogen-bond donors (Lipinski definition) is 1.